The van der Waals surface area contributed by atoms with E-state index in [9.17, 15) is 9.59 Å². The molecule has 1 saturated carbocycles. The first-order valence-corrected chi connectivity index (χ1v) is 7.85. The number of carbonyl (C=O) groups excluding carboxylic acids is 2. The maximum atomic E-state index is 12.6. The summed E-state index contributed by atoms with van der Waals surface area (Å²) in [5, 5.41) is 2.84. The molecule has 0 aliphatic heterocycles. The number of benzene rings is 1. The number of amides is 2. The molecule has 25 heavy (non-hydrogen) atoms. The first-order valence-electron chi connectivity index (χ1n) is 7.85. The number of hydrogen-bond acceptors (Lipinski definition) is 6. The predicted octanol–water partition coefficient (Wildman–Crippen LogP) is 2.67. The number of oxazole rings is 1. The first-order chi connectivity index (χ1) is 12.1. The Labute approximate surface area is 144 Å². The van der Waals surface area contributed by atoms with E-state index in [-0.39, 0.29) is 30.2 Å². The van der Waals surface area contributed by atoms with Crippen molar-refractivity contribution in [3.8, 4) is 5.75 Å². The fraction of sp³-hybridized carbons (Fsp3) is 0.353. The third-order valence-corrected chi connectivity index (χ3v) is 3.82. The highest BCUT2D eigenvalue weighted by Crippen LogP contribution is 2.29. The molecule has 8 heteroatoms. The zero-order valence-electron chi connectivity index (χ0n) is 14.0. The van der Waals surface area contributed by atoms with Gasteiger partial charge in [-0.2, -0.15) is 0 Å². The van der Waals surface area contributed by atoms with Gasteiger partial charge in [0.25, 0.3) is 0 Å². The van der Waals surface area contributed by atoms with E-state index < -0.39 is 5.97 Å². The molecule has 2 aromatic rings. The Morgan fingerprint density at radius 3 is 2.84 bits per heavy atom. The predicted molar refractivity (Wildman–Crippen MR) is 88.4 cm³/mol. The molecule has 1 fully saturated rings. The number of nitrogens with one attached hydrogen (secondary N) is 1. The fourth-order valence-corrected chi connectivity index (χ4v) is 2.38. The molecule has 3 rings (SSSR count). The second-order valence-corrected chi connectivity index (χ2v) is 5.64. The summed E-state index contributed by atoms with van der Waals surface area (Å²) in [7, 11) is 2.84. The lowest BCUT2D eigenvalue weighted by Gasteiger charge is -2.21. The van der Waals surface area contributed by atoms with Gasteiger partial charge < -0.3 is 24.1 Å². The van der Waals surface area contributed by atoms with E-state index in [1.165, 1.54) is 13.4 Å². The van der Waals surface area contributed by atoms with E-state index in [4.69, 9.17) is 9.15 Å². The van der Waals surface area contributed by atoms with Crippen molar-refractivity contribution in [1.82, 2.24) is 9.88 Å². The Morgan fingerprint density at radius 2 is 2.16 bits per heavy atom. The van der Waals surface area contributed by atoms with E-state index in [2.05, 4.69) is 15.0 Å². The van der Waals surface area contributed by atoms with Gasteiger partial charge in [0.1, 0.15) is 12.0 Å². The molecule has 1 aromatic heterocycles. The smallest absolute Gasteiger partial charge is 0.360 e. The number of urea groups is 1. The maximum absolute atomic E-state index is 12.6. The molecule has 8 nitrogen and oxygen atoms in total. The molecule has 0 radical (unpaired) electrons. The average Bonchev–Trinajstić information content (AvgIpc) is 3.36. The van der Waals surface area contributed by atoms with E-state index in [0.29, 0.717) is 11.4 Å². The average molecular weight is 345 g/mol. The van der Waals surface area contributed by atoms with Crippen molar-refractivity contribution in [1.29, 1.82) is 0 Å². The summed E-state index contributed by atoms with van der Waals surface area (Å²) in [6.07, 6.45) is 3.08. The van der Waals surface area contributed by atoms with Gasteiger partial charge in [-0.1, -0.05) is 6.07 Å². The summed E-state index contributed by atoms with van der Waals surface area (Å²) >= 11 is 0. The highest BCUT2D eigenvalue weighted by Gasteiger charge is 2.34. The van der Waals surface area contributed by atoms with Gasteiger partial charge in [0, 0.05) is 17.8 Å². The summed E-state index contributed by atoms with van der Waals surface area (Å²) in [4.78, 5) is 29.8. The number of anilines is 1. The number of aromatic nitrogens is 1. The van der Waals surface area contributed by atoms with Crippen LogP contribution in [0.4, 0.5) is 10.5 Å². The molecule has 1 heterocycles. The van der Waals surface area contributed by atoms with Crippen molar-refractivity contribution in [2.24, 2.45) is 0 Å². The van der Waals surface area contributed by atoms with Gasteiger partial charge in [0.2, 0.25) is 5.89 Å². The minimum Gasteiger partial charge on any atom is -0.497 e. The van der Waals surface area contributed by atoms with Crippen molar-refractivity contribution in [3.05, 3.63) is 42.1 Å². The summed E-state index contributed by atoms with van der Waals surface area (Å²) < 4.78 is 15.0. The van der Waals surface area contributed by atoms with Crippen LogP contribution in [0.1, 0.15) is 29.2 Å². The molecular weight excluding hydrogens is 326 g/mol. The van der Waals surface area contributed by atoms with Crippen LogP contribution in [0.5, 0.6) is 5.75 Å². The first kappa shape index (κ1) is 16.8. The molecule has 0 bridgehead atoms. The molecule has 1 aromatic carbocycles. The third kappa shape index (κ3) is 4.09. The van der Waals surface area contributed by atoms with Crippen molar-refractivity contribution < 1.29 is 23.5 Å². The van der Waals surface area contributed by atoms with E-state index in [0.717, 1.165) is 12.8 Å². The molecule has 0 unspecified atom stereocenters. The van der Waals surface area contributed by atoms with Crippen LogP contribution in [-0.4, -0.2) is 42.1 Å². The Morgan fingerprint density at radius 1 is 1.36 bits per heavy atom. The van der Waals surface area contributed by atoms with Crippen LogP contribution >= 0.6 is 0 Å². The van der Waals surface area contributed by atoms with Gasteiger partial charge in [-0.15, -0.1) is 0 Å². The summed E-state index contributed by atoms with van der Waals surface area (Å²) in [6.45, 7) is 0.178. The number of nitrogens with zero attached hydrogens (tertiary/aromatic N) is 2. The topological polar surface area (TPSA) is 93.9 Å². The van der Waals surface area contributed by atoms with Crippen molar-refractivity contribution >= 4 is 17.7 Å². The van der Waals surface area contributed by atoms with E-state index in [1.807, 2.05) is 0 Å². The van der Waals surface area contributed by atoms with Gasteiger partial charge in [-0.3, -0.25) is 0 Å². The SMILES string of the molecule is COC(=O)c1coc(CN(C(=O)Nc2cccc(OC)c2)C2CC2)n1. The van der Waals surface area contributed by atoms with Crippen LogP contribution in [0.2, 0.25) is 0 Å². The minimum absolute atomic E-state index is 0.0847. The lowest BCUT2D eigenvalue weighted by atomic mass is 10.3. The molecule has 1 aliphatic carbocycles. The summed E-state index contributed by atoms with van der Waals surface area (Å²) in [5.74, 6) is 0.369. The molecule has 0 atom stereocenters. The molecular formula is C17H19N3O5. The number of hydrogen-bond donors (Lipinski definition) is 1. The fourth-order valence-electron chi connectivity index (χ4n) is 2.38. The monoisotopic (exact) mass is 345 g/mol. The van der Waals surface area contributed by atoms with Crippen LogP contribution in [0, 0.1) is 0 Å². The molecule has 0 saturated heterocycles. The van der Waals surface area contributed by atoms with Crippen molar-refractivity contribution in [2.75, 3.05) is 19.5 Å². The van der Waals surface area contributed by atoms with E-state index >= 15 is 0 Å². The Kier molecular flexibility index (Phi) is 4.87. The quantitative estimate of drug-likeness (QED) is 0.809. The largest absolute Gasteiger partial charge is 0.497 e. The van der Waals surface area contributed by atoms with Crippen LogP contribution < -0.4 is 10.1 Å². The zero-order valence-corrected chi connectivity index (χ0v) is 14.0. The van der Waals surface area contributed by atoms with Crippen molar-refractivity contribution in [2.45, 2.75) is 25.4 Å². The van der Waals surface area contributed by atoms with Gasteiger partial charge in [-0.05, 0) is 25.0 Å². The van der Waals surface area contributed by atoms with Crippen molar-refractivity contribution in [3.63, 3.8) is 0 Å². The zero-order chi connectivity index (χ0) is 17.8. The Balaban J connectivity index is 1.69. The Bertz CT molecular complexity index is 769. The normalized spacial score (nSPS) is 13.2. The number of methoxy groups -OCH3 is 2. The minimum atomic E-state index is -0.575. The highest BCUT2D eigenvalue weighted by atomic mass is 16.5. The Hall–Kier alpha value is -3.03. The summed E-state index contributed by atoms with van der Waals surface area (Å²) in [5.41, 5.74) is 0.721. The standard InChI is InChI=1S/C17H19N3O5/c1-23-13-5-3-4-11(8-13)18-17(22)20(12-6-7-12)9-15-19-14(10-25-15)16(21)24-2/h3-5,8,10,12H,6-7,9H2,1-2H3,(H,18,22). The van der Waals surface area contributed by atoms with Crippen LogP contribution in [0.3, 0.4) is 0 Å². The maximum Gasteiger partial charge on any atom is 0.360 e. The second kappa shape index (κ2) is 7.25. The molecule has 2 amide bonds. The van der Waals surface area contributed by atoms with Crippen LogP contribution in [0.15, 0.2) is 34.9 Å². The van der Waals surface area contributed by atoms with Gasteiger partial charge in [0.05, 0.1) is 20.8 Å². The van der Waals surface area contributed by atoms with Gasteiger partial charge >= 0.3 is 12.0 Å². The van der Waals surface area contributed by atoms with Crippen LogP contribution in [-0.2, 0) is 11.3 Å². The number of ether oxygens (including phenoxy) is 2. The highest BCUT2D eigenvalue weighted by molar-refractivity contribution is 5.90. The summed E-state index contributed by atoms with van der Waals surface area (Å²) in [6, 6.07) is 7.00. The molecule has 1 N–H and O–H groups in total. The number of carbonyl (C=O) groups is 2. The van der Waals surface area contributed by atoms with Crippen LogP contribution in [0.25, 0.3) is 0 Å². The lowest BCUT2D eigenvalue weighted by Crippen LogP contribution is -2.36. The second-order valence-electron chi connectivity index (χ2n) is 5.64. The molecule has 1 aliphatic rings. The van der Waals surface area contributed by atoms with Gasteiger partial charge in [0.15, 0.2) is 5.69 Å². The molecule has 132 valence electrons. The van der Waals surface area contributed by atoms with Gasteiger partial charge in [-0.25, -0.2) is 14.6 Å². The third-order valence-electron chi connectivity index (χ3n) is 3.82. The van der Waals surface area contributed by atoms with E-state index in [1.54, 1.807) is 36.3 Å². The lowest BCUT2D eigenvalue weighted by molar-refractivity contribution is 0.0594. The molecule has 0 spiro atoms. The number of rotatable bonds is 6. The number of esters is 1.